The third-order valence-electron chi connectivity index (χ3n) is 9.83. The molecular formula is C22H34O5. The monoisotopic (exact) mass is 378 g/mol. The molecule has 9 atom stereocenters. The lowest BCUT2D eigenvalue weighted by Crippen LogP contribution is -2.65. The van der Waals surface area contributed by atoms with Crippen molar-refractivity contribution in [2.75, 3.05) is 13.2 Å². The van der Waals surface area contributed by atoms with Gasteiger partial charge in [-0.3, -0.25) is 4.79 Å². The summed E-state index contributed by atoms with van der Waals surface area (Å²) in [7, 11) is 0. The Morgan fingerprint density at radius 3 is 2.56 bits per heavy atom. The summed E-state index contributed by atoms with van der Waals surface area (Å²) in [6.07, 6.45) is 6.06. The van der Waals surface area contributed by atoms with Crippen LogP contribution in [0.5, 0.6) is 0 Å². The van der Waals surface area contributed by atoms with E-state index in [1.165, 1.54) is 13.3 Å². The molecule has 27 heavy (non-hydrogen) atoms. The number of carbonyl (C=O) groups is 1. The Morgan fingerprint density at radius 1 is 1.15 bits per heavy atom. The number of fused-ring (bicyclic) bond motifs is 4. The fraction of sp³-hybridized carbons (Fsp3) is 0.955. The first-order valence-electron chi connectivity index (χ1n) is 10.8. The first-order valence-corrected chi connectivity index (χ1v) is 10.8. The second kappa shape index (κ2) is 5.48. The van der Waals surface area contributed by atoms with Gasteiger partial charge in [0, 0.05) is 17.8 Å². The minimum atomic E-state index is -0.496. The van der Waals surface area contributed by atoms with Gasteiger partial charge >= 0.3 is 5.97 Å². The summed E-state index contributed by atoms with van der Waals surface area (Å²) in [5.41, 5.74) is -0.382. The van der Waals surface area contributed by atoms with Crippen molar-refractivity contribution in [1.82, 2.24) is 0 Å². The summed E-state index contributed by atoms with van der Waals surface area (Å²) in [5.74, 6) is 0.937. The molecule has 0 aromatic carbocycles. The molecule has 1 heterocycles. The van der Waals surface area contributed by atoms with Gasteiger partial charge in [0.1, 0.15) is 0 Å². The van der Waals surface area contributed by atoms with Gasteiger partial charge in [-0.1, -0.05) is 13.8 Å². The molecule has 5 aliphatic rings. The van der Waals surface area contributed by atoms with Crippen molar-refractivity contribution in [2.24, 2.45) is 34.0 Å². The number of epoxide rings is 1. The standard InChI is InChI=1S/C22H34O5/c1-13(23)26-11-20(3)16-8-18(25)21-9-14(22(10-21)12-27-22)4-5-15(21)19(16,2)7-6-17(20)24/h14-18,24-25H,4-12H2,1-3H3/t14-,15-,16?,17+,18-,19-,20+,21+,22-/m0/s1. The highest BCUT2D eigenvalue weighted by Gasteiger charge is 2.74. The molecule has 4 saturated carbocycles. The third kappa shape index (κ3) is 2.25. The van der Waals surface area contributed by atoms with Crippen molar-refractivity contribution in [3.05, 3.63) is 0 Å². The summed E-state index contributed by atoms with van der Waals surface area (Å²) >= 11 is 0. The Kier molecular flexibility index (Phi) is 3.73. The van der Waals surface area contributed by atoms with E-state index in [0.717, 1.165) is 38.7 Å². The molecule has 0 aromatic rings. The molecule has 0 radical (unpaired) electrons. The molecule has 2 bridgehead atoms. The lowest BCUT2D eigenvalue weighted by Gasteiger charge is -2.66. The van der Waals surface area contributed by atoms with Crippen LogP contribution in [0.25, 0.3) is 0 Å². The number of aliphatic hydroxyl groups excluding tert-OH is 2. The van der Waals surface area contributed by atoms with Gasteiger partial charge in [0.25, 0.3) is 0 Å². The van der Waals surface area contributed by atoms with Crippen LogP contribution in [0.2, 0.25) is 0 Å². The van der Waals surface area contributed by atoms with Crippen molar-refractivity contribution in [1.29, 1.82) is 0 Å². The number of esters is 1. The van der Waals surface area contributed by atoms with Crippen LogP contribution in [0.3, 0.4) is 0 Å². The van der Waals surface area contributed by atoms with Crippen molar-refractivity contribution in [3.8, 4) is 0 Å². The van der Waals surface area contributed by atoms with Gasteiger partial charge in [-0.2, -0.15) is 0 Å². The van der Waals surface area contributed by atoms with Gasteiger partial charge in [-0.25, -0.2) is 0 Å². The Morgan fingerprint density at radius 2 is 1.89 bits per heavy atom. The Hall–Kier alpha value is -0.650. The van der Waals surface area contributed by atoms with Crippen LogP contribution < -0.4 is 0 Å². The lowest BCUT2D eigenvalue weighted by atomic mass is 9.40. The second-order valence-corrected chi connectivity index (χ2v) is 10.9. The van der Waals surface area contributed by atoms with E-state index in [2.05, 4.69) is 13.8 Å². The van der Waals surface area contributed by atoms with Gasteiger partial charge in [-0.15, -0.1) is 0 Å². The number of carbonyl (C=O) groups excluding carboxylic acids is 1. The maximum Gasteiger partial charge on any atom is 0.302 e. The van der Waals surface area contributed by atoms with Gasteiger partial charge in [0.2, 0.25) is 0 Å². The van der Waals surface area contributed by atoms with E-state index in [-0.39, 0.29) is 41.0 Å². The first kappa shape index (κ1) is 18.4. The average Bonchev–Trinajstić information content (AvgIpc) is 3.35. The summed E-state index contributed by atoms with van der Waals surface area (Å²) in [5, 5.41) is 22.4. The molecule has 1 saturated heterocycles. The zero-order valence-electron chi connectivity index (χ0n) is 16.9. The summed E-state index contributed by atoms with van der Waals surface area (Å²) in [6, 6.07) is 0. The van der Waals surface area contributed by atoms with Crippen LogP contribution in [0.4, 0.5) is 0 Å². The Bertz CT molecular complexity index is 659. The molecule has 5 fully saturated rings. The van der Waals surface area contributed by atoms with Gasteiger partial charge < -0.3 is 19.7 Å². The molecule has 5 rings (SSSR count). The molecular weight excluding hydrogens is 344 g/mol. The number of ether oxygens (including phenoxy) is 2. The average molecular weight is 379 g/mol. The molecule has 1 aliphatic heterocycles. The van der Waals surface area contributed by atoms with E-state index in [0.29, 0.717) is 18.3 Å². The van der Waals surface area contributed by atoms with E-state index in [1.807, 2.05) is 0 Å². The molecule has 152 valence electrons. The maximum atomic E-state index is 11.5. The first-order chi connectivity index (χ1) is 12.7. The molecule has 2 N–H and O–H groups in total. The number of hydrogen-bond acceptors (Lipinski definition) is 5. The summed E-state index contributed by atoms with van der Waals surface area (Å²) in [6.45, 7) is 7.01. The third-order valence-corrected chi connectivity index (χ3v) is 9.83. The Labute approximate surface area is 161 Å². The number of rotatable bonds is 2. The van der Waals surface area contributed by atoms with Gasteiger partial charge in [0.05, 0.1) is 31.0 Å². The normalized spacial score (nSPS) is 58.5. The molecule has 4 aliphatic carbocycles. The fourth-order valence-electron chi connectivity index (χ4n) is 8.41. The predicted molar refractivity (Wildman–Crippen MR) is 98.8 cm³/mol. The van der Waals surface area contributed by atoms with Crippen LogP contribution in [-0.4, -0.2) is 47.2 Å². The largest absolute Gasteiger partial charge is 0.465 e. The molecule has 5 heteroatoms. The van der Waals surface area contributed by atoms with Crippen LogP contribution in [-0.2, 0) is 14.3 Å². The van der Waals surface area contributed by atoms with E-state index in [4.69, 9.17) is 9.47 Å². The predicted octanol–water partition coefficient (Wildman–Crippen LogP) is 2.67. The molecule has 0 amide bonds. The fourth-order valence-corrected chi connectivity index (χ4v) is 8.41. The van der Waals surface area contributed by atoms with E-state index < -0.39 is 11.5 Å². The van der Waals surface area contributed by atoms with Crippen molar-refractivity contribution in [3.63, 3.8) is 0 Å². The van der Waals surface area contributed by atoms with Gasteiger partial charge in [-0.05, 0) is 68.1 Å². The van der Waals surface area contributed by atoms with Crippen molar-refractivity contribution >= 4 is 5.97 Å². The smallest absolute Gasteiger partial charge is 0.302 e. The molecule has 5 nitrogen and oxygen atoms in total. The highest BCUT2D eigenvalue weighted by Crippen LogP contribution is 2.74. The highest BCUT2D eigenvalue weighted by atomic mass is 16.6. The minimum Gasteiger partial charge on any atom is -0.465 e. The Balaban J connectivity index is 1.52. The lowest BCUT2D eigenvalue weighted by molar-refractivity contribution is -0.233. The second-order valence-electron chi connectivity index (χ2n) is 10.9. The zero-order valence-corrected chi connectivity index (χ0v) is 16.9. The SMILES string of the molecule is CC(=O)OC[C@]1(C)C2C[C@H](O)[C@@]34C[C@H](CC[C@H]3[C@]2(C)CC[C@H]1O)[C@@]1(CO1)C4. The van der Waals surface area contributed by atoms with Gasteiger partial charge in [0.15, 0.2) is 0 Å². The van der Waals surface area contributed by atoms with Crippen LogP contribution >= 0.6 is 0 Å². The van der Waals surface area contributed by atoms with Crippen LogP contribution in [0, 0.1) is 34.0 Å². The van der Waals surface area contributed by atoms with E-state index in [1.54, 1.807) is 0 Å². The van der Waals surface area contributed by atoms with Crippen molar-refractivity contribution in [2.45, 2.75) is 83.5 Å². The highest BCUT2D eigenvalue weighted by molar-refractivity contribution is 5.65. The molecule has 1 unspecified atom stereocenters. The number of hydrogen-bond donors (Lipinski definition) is 2. The van der Waals surface area contributed by atoms with E-state index in [9.17, 15) is 15.0 Å². The zero-order chi connectivity index (χ0) is 19.2. The van der Waals surface area contributed by atoms with Crippen LogP contribution in [0.15, 0.2) is 0 Å². The van der Waals surface area contributed by atoms with E-state index >= 15 is 0 Å². The topological polar surface area (TPSA) is 79.3 Å². The maximum absolute atomic E-state index is 11.5. The summed E-state index contributed by atoms with van der Waals surface area (Å²) < 4.78 is 11.4. The minimum absolute atomic E-state index is 0.0185. The molecule has 0 aromatic heterocycles. The van der Waals surface area contributed by atoms with Crippen molar-refractivity contribution < 1.29 is 24.5 Å². The summed E-state index contributed by atoms with van der Waals surface area (Å²) in [4.78, 5) is 11.5. The molecule has 2 spiro atoms. The number of aliphatic hydroxyl groups is 2. The quantitative estimate of drug-likeness (QED) is 0.570. The van der Waals surface area contributed by atoms with Crippen LogP contribution in [0.1, 0.15) is 65.7 Å².